The minimum absolute atomic E-state index is 0.0750. The molecule has 1 aromatic heterocycles. The van der Waals surface area contributed by atoms with Gasteiger partial charge in [-0.2, -0.15) is 13.2 Å². The Labute approximate surface area is 177 Å². The van der Waals surface area contributed by atoms with Gasteiger partial charge in [-0.1, -0.05) is 60.4 Å². The molecule has 0 atom stereocenters. The highest BCUT2D eigenvalue weighted by Gasteiger charge is 2.34. The van der Waals surface area contributed by atoms with Crippen LogP contribution in [0.2, 0.25) is 0 Å². The Morgan fingerprint density at radius 2 is 1.65 bits per heavy atom. The van der Waals surface area contributed by atoms with Crippen molar-refractivity contribution >= 4 is 6.09 Å². The molecule has 7 heteroatoms. The molecule has 0 spiro atoms. The standard InChI is InChI=1S/C24H17F3N2O2/c25-24(26,27)22-16(7-5-13-28-22)8-6-14-29-23(30)31-15-21-19-11-3-1-9-17(19)18-10-2-4-12-20(18)21/h1-5,7,9-13,21H,14-15H2,(H,29,30). The van der Waals surface area contributed by atoms with Crippen molar-refractivity contribution in [2.45, 2.75) is 12.1 Å². The predicted molar refractivity (Wildman–Crippen MR) is 109 cm³/mol. The van der Waals surface area contributed by atoms with Crippen molar-refractivity contribution in [1.29, 1.82) is 0 Å². The molecule has 0 bridgehead atoms. The molecule has 4 nitrogen and oxygen atoms in total. The van der Waals surface area contributed by atoms with E-state index in [4.69, 9.17) is 4.74 Å². The Hall–Kier alpha value is -3.79. The lowest BCUT2D eigenvalue weighted by Gasteiger charge is -2.14. The van der Waals surface area contributed by atoms with Crippen molar-refractivity contribution in [3.05, 3.63) is 89.2 Å². The number of nitrogens with one attached hydrogen (secondary N) is 1. The molecule has 4 rings (SSSR count). The molecule has 156 valence electrons. The summed E-state index contributed by atoms with van der Waals surface area (Å²) in [4.78, 5) is 15.4. The fourth-order valence-corrected chi connectivity index (χ4v) is 3.64. The minimum atomic E-state index is -4.59. The zero-order valence-corrected chi connectivity index (χ0v) is 16.2. The highest BCUT2D eigenvalue weighted by Crippen LogP contribution is 2.44. The monoisotopic (exact) mass is 422 g/mol. The fraction of sp³-hybridized carbons (Fsp3) is 0.167. The Balaban J connectivity index is 1.36. The number of benzene rings is 2. The number of alkyl halides is 3. The van der Waals surface area contributed by atoms with Gasteiger partial charge in [-0.15, -0.1) is 0 Å². The number of ether oxygens (including phenoxy) is 1. The number of hydrogen-bond donors (Lipinski definition) is 1. The molecule has 2 aromatic carbocycles. The average molecular weight is 422 g/mol. The number of hydrogen-bond acceptors (Lipinski definition) is 3. The van der Waals surface area contributed by atoms with Crippen LogP contribution in [-0.2, 0) is 10.9 Å². The molecule has 1 heterocycles. The summed E-state index contributed by atoms with van der Waals surface area (Å²) in [5.74, 6) is 4.82. The van der Waals surface area contributed by atoms with Gasteiger partial charge in [0.1, 0.15) is 6.61 Å². The first-order valence-corrected chi connectivity index (χ1v) is 9.55. The first kappa shape index (κ1) is 20.5. The van der Waals surface area contributed by atoms with Crippen molar-refractivity contribution < 1.29 is 22.7 Å². The molecule has 0 aliphatic heterocycles. The number of halogens is 3. The molecular weight excluding hydrogens is 405 g/mol. The van der Waals surface area contributed by atoms with E-state index < -0.39 is 18.0 Å². The summed E-state index contributed by atoms with van der Waals surface area (Å²) in [6.07, 6.45) is -4.22. The van der Waals surface area contributed by atoms with Crippen LogP contribution in [0.1, 0.15) is 28.3 Å². The number of fused-ring (bicyclic) bond motifs is 3. The Bertz CT molecular complexity index is 1130. The number of rotatable bonds is 3. The van der Waals surface area contributed by atoms with Gasteiger partial charge in [-0.05, 0) is 34.4 Å². The lowest BCUT2D eigenvalue weighted by Crippen LogP contribution is -2.26. The van der Waals surface area contributed by atoms with Gasteiger partial charge in [0.25, 0.3) is 0 Å². The topological polar surface area (TPSA) is 51.2 Å². The molecule has 0 fully saturated rings. The van der Waals surface area contributed by atoms with Gasteiger partial charge in [-0.25, -0.2) is 4.79 Å². The van der Waals surface area contributed by atoms with Crippen LogP contribution in [0.5, 0.6) is 0 Å². The zero-order chi connectivity index (χ0) is 21.8. The number of pyridine rings is 1. The normalized spacial score (nSPS) is 12.4. The zero-order valence-electron chi connectivity index (χ0n) is 16.2. The first-order valence-electron chi connectivity index (χ1n) is 9.55. The molecule has 1 N–H and O–H groups in total. The quantitative estimate of drug-likeness (QED) is 0.605. The molecule has 0 saturated heterocycles. The number of carbonyl (C=O) groups is 1. The SMILES string of the molecule is O=C(NCC#Cc1cccnc1C(F)(F)F)OCC1c2ccccc2-c2ccccc21. The Kier molecular flexibility index (Phi) is 5.63. The Morgan fingerprint density at radius 3 is 2.29 bits per heavy atom. The summed E-state index contributed by atoms with van der Waals surface area (Å²) >= 11 is 0. The minimum Gasteiger partial charge on any atom is -0.449 e. The smallest absolute Gasteiger partial charge is 0.434 e. The van der Waals surface area contributed by atoms with Crippen molar-refractivity contribution in [3.8, 4) is 23.0 Å². The van der Waals surface area contributed by atoms with Gasteiger partial charge in [0.2, 0.25) is 0 Å². The first-order chi connectivity index (χ1) is 14.9. The molecular formula is C24H17F3N2O2. The van der Waals surface area contributed by atoms with E-state index in [1.54, 1.807) is 0 Å². The molecule has 0 saturated carbocycles. The molecule has 0 radical (unpaired) electrons. The van der Waals surface area contributed by atoms with Crippen LogP contribution in [0.3, 0.4) is 0 Å². The second kappa shape index (κ2) is 8.52. The summed E-state index contributed by atoms with van der Waals surface area (Å²) < 4.78 is 44.1. The van der Waals surface area contributed by atoms with Gasteiger partial charge < -0.3 is 10.1 Å². The number of carbonyl (C=O) groups excluding carboxylic acids is 1. The molecule has 1 aliphatic carbocycles. The van der Waals surface area contributed by atoms with E-state index in [0.717, 1.165) is 28.5 Å². The Morgan fingerprint density at radius 1 is 1.00 bits per heavy atom. The third-order valence-electron chi connectivity index (χ3n) is 4.96. The second-order valence-corrected chi connectivity index (χ2v) is 6.88. The molecule has 3 aromatic rings. The van der Waals surface area contributed by atoms with Gasteiger partial charge in [0, 0.05) is 12.1 Å². The number of alkyl carbamates (subject to hydrolysis) is 1. The maximum atomic E-state index is 12.9. The molecule has 1 amide bonds. The van der Waals surface area contributed by atoms with E-state index >= 15 is 0 Å². The van der Waals surface area contributed by atoms with Crippen LogP contribution in [-0.4, -0.2) is 24.2 Å². The van der Waals surface area contributed by atoms with Gasteiger partial charge in [0.15, 0.2) is 5.69 Å². The van der Waals surface area contributed by atoms with Crippen LogP contribution in [0.25, 0.3) is 11.1 Å². The average Bonchev–Trinajstić information content (AvgIpc) is 3.09. The predicted octanol–water partition coefficient (Wildman–Crippen LogP) is 4.99. The summed E-state index contributed by atoms with van der Waals surface area (Å²) in [7, 11) is 0. The van der Waals surface area contributed by atoms with E-state index in [1.807, 2.05) is 48.5 Å². The van der Waals surface area contributed by atoms with E-state index in [9.17, 15) is 18.0 Å². The third kappa shape index (κ3) is 4.38. The van der Waals surface area contributed by atoms with Crippen LogP contribution in [0, 0.1) is 11.8 Å². The van der Waals surface area contributed by atoms with Crippen molar-refractivity contribution in [1.82, 2.24) is 10.3 Å². The molecule has 1 aliphatic rings. The fourth-order valence-electron chi connectivity index (χ4n) is 3.64. The lowest BCUT2D eigenvalue weighted by atomic mass is 9.98. The summed E-state index contributed by atoms with van der Waals surface area (Å²) in [6, 6.07) is 18.5. The maximum Gasteiger partial charge on any atom is 0.434 e. The van der Waals surface area contributed by atoms with Gasteiger partial charge in [-0.3, -0.25) is 4.98 Å². The van der Waals surface area contributed by atoms with E-state index in [-0.39, 0.29) is 24.6 Å². The largest absolute Gasteiger partial charge is 0.449 e. The van der Waals surface area contributed by atoms with Crippen LogP contribution >= 0.6 is 0 Å². The van der Waals surface area contributed by atoms with Crippen molar-refractivity contribution in [2.24, 2.45) is 0 Å². The van der Waals surface area contributed by atoms with Crippen molar-refractivity contribution in [3.63, 3.8) is 0 Å². The van der Waals surface area contributed by atoms with Crippen molar-refractivity contribution in [2.75, 3.05) is 13.2 Å². The van der Waals surface area contributed by atoms with E-state index in [2.05, 4.69) is 22.1 Å². The summed E-state index contributed by atoms with van der Waals surface area (Å²) in [6.45, 7) is -0.00299. The number of aromatic nitrogens is 1. The van der Waals surface area contributed by atoms with Crippen LogP contribution < -0.4 is 5.32 Å². The summed E-state index contributed by atoms with van der Waals surface area (Å²) in [5.41, 5.74) is 3.12. The number of amides is 1. The third-order valence-corrected chi connectivity index (χ3v) is 4.96. The van der Waals surface area contributed by atoms with E-state index in [1.165, 1.54) is 12.1 Å². The van der Waals surface area contributed by atoms with Gasteiger partial charge in [0.05, 0.1) is 12.1 Å². The molecule has 31 heavy (non-hydrogen) atoms. The lowest BCUT2D eigenvalue weighted by molar-refractivity contribution is -0.141. The highest BCUT2D eigenvalue weighted by molar-refractivity contribution is 5.79. The van der Waals surface area contributed by atoms with E-state index in [0.29, 0.717) is 0 Å². The van der Waals surface area contributed by atoms with Crippen LogP contribution in [0.4, 0.5) is 18.0 Å². The maximum absolute atomic E-state index is 12.9. The van der Waals surface area contributed by atoms with Gasteiger partial charge >= 0.3 is 12.3 Å². The number of nitrogens with zero attached hydrogens (tertiary/aromatic N) is 1. The molecule has 0 unspecified atom stereocenters. The summed E-state index contributed by atoms with van der Waals surface area (Å²) in [5, 5.41) is 2.45. The van der Waals surface area contributed by atoms with Crippen LogP contribution in [0.15, 0.2) is 66.9 Å². The second-order valence-electron chi connectivity index (χ2n) is 6.88. The highest BCUT2D eigenvalue weighted by atomic mass is 19.4.